The van der Waals surface area contributed by atoms with Gasteiger partial charge in [-0.15, -0.1) is 0 Å². The van der Waals surface area contributed by atoms with Crippen molar-refractivity contribution in [2.24, 2.45) is 17.7 Å². The van der Waals surface area contributed by atoms with Gasteiger partial charge >= 0.3 is 0 Å². The second kappa shape index (κ2) is 6.73. The number of nitrogens with two attached hydrogens (primary N) is 1. The molecule has 0 spiro atoms. The Kier molecular flexibility index (Phi) is 5.22. The third-order valence-electron chi connectivity index (χ3n) is 5.10. The van der Waals surface area contributed by atoms with E-state index in [1.54, 1.807) is 0 Å². The molecule has 0 saturated heterocycles. The summed E-state index contributed by atoms with van der Waals surface area (Å²) in [4.78, 5) is 0. The van der Waals surface area contributed by atoms with Crippen LogP contribution in [0.5, 0.6) is 0 Å². The second-order valence-electron chi connectivity index (χ2n) is 6.66. The van der Waals surface area contributed by atoms with Gasteiger partial charge in [0.05, 0.1) is 0 Å². The molecule has 3 atom stereocenters. The summed E-state index contributed by atoms with van der Waals surface area (Å²) < 4.78 is 0. The van der Waals surface area contributed by atoms with E-state index in [4.69, 9.17) is 5.84 Å². The van der Waals surface area contributed by atoms with Crippen molar-refractivity contribution in [2.75, 3.05) is 0 Å². The first-order chi connectivity index (χ1) is 9.56. The Morgan fingerprint density at radius 2 is 1.85 bits per heavy atom. The second-order valence-corrected chi connectivity index (χ2v) is 6.66. The van der Waals surface area contributed by atoms with Crippen molar-refractivity contribution < 1.29 is 0 Å². The molecule has 1 fully saturated rings. The summed E-state index contributed by atoms with van der Waals surface area (Å²) in [6.07, 6.45) is 6.68. The van der Waals surface area contributed by atoms with Crippen LogP contribution in [-0.4, -0.2) is 0 Å². The maximum atomic E-state index is 5.95. The van der Waals surface area contributed by atoms with Crippen molar-refractivity contribution in [2.45, 2.75) is 65.8 Å². The lowest BCUT2D eigenvalue weighted by atomic mass is 9.74. The van der Waals surface area contributed by atoms with E-state index in [-0.39, 0.29) is 0 Å². The van der Waals surface area contributed by atoms with Crippen molar-refractivity contribution in [3.05, 3.63) is 34.4 Å². The van der Waals surface area contributed by atoms with Gasteiger partial charge in [-0.25, -0.2) is 0 Å². The zero-order valence-corrected chi connectivity index (χ0v) is 13.5. The molecule has 0 heterocycles. The number of benzene rings is 1. The number of hydrazine groups is 1. The van der Waals surface area contributed by atoms with Crippen LogP contribution in [0.3, 0.4) is 0 Å². The summed E-state index contributed by atoms with van der Waals surface area (Å²) in [5.41, 5.74) is 8.66. The smallest absolute Gasteiger partial charge is 0.0493 e. The van der Waals surface area contributed by atoms with Gasteiger partial charge < -0.3 is 0 Å². The van der Waals surface area contributed by atoms with Crippen LogP contribution in [0.25, 0.3) is 0 Å². The van der Waals surface area contributed by atoms with Gasteiger partial charge in [-0.1, -0.05) is 43.9 Å². The summed E-state index contributed by atoms with van der Waals surface area (Å²) in [6, 6.07) is 4.88. The summed E-state index contributed by atoms with van der Waals surface area (Å²) >= 11 is 0. The molecule has 1 aromatic rings. The van der Waals surface area contributed by atoms with Crippen LogP contribution in [0.1, 0.15) is 67.3 Å². The Hall–Kier alpha value is -0.860. The van der Waals surface area contributed by atoms with Crippen molar-refractivity contribution >= 4 is 0 Å². The summed E-state index contributed by atoms with van der Waals surface area (Å²) in [7, 11) is 0. The highest BCUT2D eigenvalue weighted by molar-refractivity contribution is 5.40. The van der Waals surface area contributed by atoms with Gasteiger partial charge in [0.2, 0.25) is 0 Å². The van der Waals surface area contributed by atoms with E-state index in [1.165, 1.54) is 54.4 Å². The lowest BCUT2D eigenvalue weighted by Gasteiger charge is -2.35. The molecular weight excluding hydrogens is 244 g/mol. The van der Waals surface area contributed by atoms with Gasteiger partial charge in [0.1, 0.15) is 0 Å². The molecule has 0 amide bonds. The largest absolute Gasteiger partial charge is 0.271 e. The Balaban J connectivity index is 2.28. The van der Waals surface area contributed by atoms with Crippen molar-refractivity contribution in [3.63, 3.8) is 0 Å². The molecule has 0 bridgehead atoms. The molecule has 20 heavy (non-hydrogen) atoms. The molecule has 0 aromatic heterocycles. The summed E-state index contributed by atoms with van der Waals surface area (Å²) in [5.74, 6) is 7.51. The van der Waals surface area contributed by atoms with Crippen LogP contribution >= 0.6 is 0 Å². The lowest BCUT2D eigenvalue weighted by molar-refractivity contribution is 0.209. The first-order valence-corrected chi connectivity index (χ1v) is 8.10. The maximum absolute atomic E-state index is 5.95. The molecule has 2 rings (SSSR count). The molecule has 1 saturated carbocycles. The van der Waals surface area contributed by atoms with Crippen LogP contribution in [-0.2, 0) is 0 Å². The molecular formula is C18H30N2. The first kappa shape index (κ1) is 15.5. The Morgan fingerprint density at radius 1 is 1.20 bits per heavy atom. The standard InChI is InChI=1S/C18H30N2/c1-5-15-7-6-8-16(11-15)18(20-19)17-13(3)9-12(2)10-14(17)4/h9-10,15-16,18,20H,5-8,11,19H2,1-4H3. The molecule has 3 unspecified atom stereocenters. The molecule has 3 N–H and O–H groups in total. The summed E-state index contributed by atoms with van der Waals surface area (Å²) in [5, 5.41) is 0. The van der Waals surface area contributed by atoms with Gasteiger partial charge in [0, 0.05) is 6.04 Å². The average Bonchev–Trinajstić information content (AvgIpc) is 2.42. The van der Waals surface area contributed by atoms with Crippen LogP contribution in [0.15, 0.2) is 12.1 Å². The highest BCUT2D eigenvalue weighted by Crippen LogP contribution is 2.40. The number of hydrogen-bond acceptors (Lipinski definition) is 2. The SMILES string of the molecule is CCC1CCCC(C(NN)c2c(C)cc(C)cc2C)C1. The van der Waals surface area contributed by atoms with Crippen LogP contribution in [0.4, 0.5) is 0 Å². The lowest BCUT2D eigenvalue weighted by Crippen LogP contribution is -2.36. The highest BCUT2D eigenvalue weighted by Gasteiger charge is 2.29. The van der Waals surface area contributed by atoms with E-state index < -0.39 is 0 Å². The molecule has 2 heteroatoms. The van der Waals surface area contributed by atoms with E-state index in [9.17, 15) is 0 Å². The van der Waals surface area contributed by atoms with E-state index >= 15 is 0 Å². The van der Waals surface area contributed by atoms with E-state index in [2.05, 4.69) is 45.3 Å². The third-order valence-corrected chi connectivity index (χ3v) is 5.10. The molecule has 1 aromatic carbocycles. The molecule has 112 valence electrons. The first-order valence-electron chi connectivity index (χ1n) is 8.10. The number of rotatable bonds is 4. The predicted molar refractivity (Wildman–Crippen MR) is 86.5 cm³/mol. The fraction of sp³-hybridized carbons (Fsp3) is 0.667. The van der Waals surface area contributed by atoms with Gasteiger partial charge in [0.25, 0.3) is 0 Å². The van der Waals surface area contributed by atoms with Crippen molar-refractivity contribution in [1.82, 2.24) is 5.43 Å². The fourth-order valence-electron chi connectivity index (χ4n) is 4.14. The Labute approximate surface area is 124 Å². The zero-order chi connectivity index (χ0) is 14.7. The highest BCUT2D eigenvalue weighted by atomic mass is 15.2. The number of hydrogen-bond donors (Lipinski definition) is 2. The van der Waals surface area contributed by atoms with Gasteiger partial charge in [-0.2, -0.15) is 0 Å². The molecule has 1 aliphatic carbocycles. The fourth-order valence-corrected chi connectivity index (χ4v) is 4.14. The number of nitrogens with one attached hydrogen (secondary N) is 1. The van der Waals surface area contributed by atoms with Crippen LogP contribution in [0.2, 0.25) is 0 Å². The molecule has 1 aliphatic rings. The van der Waals surface area contributed by atoms with E-state index in [0.29, 0.717) is 12.0 Å². The van der Waals surface area contributed by atoms with E-state index in [1.807, 2.05) is 0 Å². The molecule has 0 aliphatic heterocycles. The monoisotopic (exact) mass is 274 g/mol. The molecule has 2 nitrogen and oxygen atoms in total. The van der Waals surface area contributed by atoms with Gasteiger partial charge in [0.15, 0.2) is 0 Å². The zero-order valence-electron chi connectivity index (χ0n) is 13.5. The minimum Gasteiger partial charge on any atom is -0.271 e. The van der Waals surface area contributed by atoms with E-state index in [0.717, 1.165) is 5.92 Å². The predicted octanol–water partition coefficient (Wildman–Crippen LogP) is 4.33. The normalized spacial score (nSPS) is 24.6. The molecule has 0 radical (unpaired) electrons. The van der Waals surface area contributed by atoms with Crippen LogP contribution in [0, 0.1) is 32.6 Å². The minimum atomic E-state index is 0.310. The number of aryl methyl sites for hydroxylation is 3. The van der Waals surface area contributed by atoms with Gasteiger partial charge in [-0.3, -0.25) is 11.3 Å². The minimum absolute atomic E-state index is 0.310. The quantitative estimate of drug-likeness (QED) is 0.633. The Morgan fingerprint density at radius 3 is 2.40 bits per heavy atom. The topological polar surface area (TPSA) is 38.0 Å². The van der Waals surface area contributed by atoms with Crippen molar-refractivity contribution in [3.8, 4) is 0 Å². The Bertz CT molecular complexity index is 430. The van der Waals surface area contributed by atoms with Crippen LogP contribution < -0.4 is 11.3 Å². The third kappa shape index (κ3) is 3.24. The average molecular weight is 274 g/mol. The van der Waals surface area contributed by atoms with Gasteiger partial charge in [-0.05, 0) is 62.1 Å². The summed E-state index contributed by atoms with van der Waals surface area (Å²) in [6.45, 7) is 8.93. The van der Waals surface area contributed by atoms with Crippen molar-refractivity contribution in [1.29, 1.82) is 0 Å². The maximum Gasteiger partial charge on any atom is 0.0493 e.